The van der Waals surface area contributed by atoms with Crippen molar-refractivity contribution in [1.29, 1.82) is 0 Å². The molecule has 4 atom stereocenters. The predicted molar refractivity (Wildman–Crippen MR) is 80.3 cm³/mol. The average molecular weight is 275 g/mol. The van der Waals surface area contributed by atoms with Gasteiger partial charge in [0.1, 0.15) is 5.75 Å². The van der Waals surface area contributed by atoms with E-state index in [0.29, 0.717) is 24.0 Å². The summed E-state index contributed by atoms with van der Waals surface area (Å²) in [7, 11) is 2.08. The number of hydrogen-bond donors (Lipinski definition) is 1. The van der Waals surface area contributed by atoms with Crippen LogP contribution < -0.4 is 10.1 Å². The molecule has 3 rings (SSSR count). The molecule has 1 aromatic rings. The lowest BCUT2D eigenvalue weighted by molar-refractivity contribution is 0.0934. The molecule has 4 unspecified atom stereocenters. The van der Waals surface area contributed by atoms with Crippen molar-refractivity contribution in [2.45, 2.75) is 44.2 Å². The summed E-state index contributed by atoms with van der Waals surface area (Å²) in [6.07, 6.45) is 3.85. The Hall–Kier alpha value is -1.06. The molecule has 2 aliphatic heterocycles. The number of para-hydroxylation sites is 1. The molecule has 0 aromatic heterocycles. The van der Waals surface area contributed by atoms with E-state index in [1.165, 1.54) is 18.4 Å². The number of fused-ring (bicyclic) bond motifs is 1. The monoisotopic (exact) mass is 275 g/mol. The SMILES string of the molecule is CNC(CC1CCOc2ccccc21)C1CCOC1C. The van der Waals surface area contributed by atoms with Gasteiger partial charge in [-0.1, -0.05) is 18.2 Å². The van der Waals surface area contributed by atoms with E-state index in [0.717, 1.165) is 25.4 Å². The molecule has 0 radical (unpaired) electrons. The van der Waals surface area contributed by atoms with E-state index in [9.17, 15) is 0 Å². The van der Waals surface area contributed by atoms with Crippen molar-refractivity contribution in [3.8, 4) is 5.75 Å². The Morgan fingerprint density at radius 3 is 2.85 bits per heavy atom. The highest BCUT2D eigenvalue weighted by molar-refractivity contribution is 5.37. The van der Waals surface area contributed by atoms with Gasteiger partial charge in [-0.3, -0.25) is 0 Å². The Morgan fingerprint density at radius 2 is 2.10 bits per heavy atom. The van der Waals surface area contributed by atoms with Gasteiger partial charge in [0.05, 0.1) is 12.7 Å². The number of hydrogen-bond acceptors (Lipinski definition) is 3. The molecule has 2 aliphatic rings. The van der Waals surface area contributed by atoms with Gasteiger partial charge in [0, 0.05) is 18.6 Å². The third-order valence-corrected chi connectivity index (χ3v) is 4.94. The standard InChI is InChI=1S/C17H25NO2/c1-12-14(8-10-19-12)16(18-2)11-13-7-9-20-17-6-4-3-5-15(13)17/h3-6,12-14,16,18H,7-11H2,1-2H3. The Bertz CT molecular complexity index is 448. The quantitative estimate of drug-likeness (QED) is 0.916. The smallest absolute Gasteiger partial charge is 0.122 e. The molecule has 0 bridgehead atoms. The van der Waals surface area contributed by atoms with Crippen LogP contribution in [0.2, 0.25) is 0 Å². The van der Waals surface area contributed by atoms with E-state index >= 15 is 0 Å². The van der Waals surface area contributed by atoms with Gasteiger partial charge < -0.3 is 14.8 Å². The highest BCUT2D eigenvalue weighted by atomic mass is 16.5. The molecular weight excluding hydrogens is 250 g/mol. The lowest BCUT2D eigenvalue weighted by atomic mass is 9.81. The van der Waals surface area contributed by atoms with Crippen molar-refractivity contribution in [3.05, 3.63) is 29.8 Å². The van der Waals surface area contributed by atoms with Gasteiger partial charge in [0.25, 0.3) is 0 Å². The molecule has 1 aromatic carbocycles. The largest absolute Gasteiger partial charge is 0.493 e. The first kappa shape index (κ1) is 13.9. The van der Waals surface area contributed by atoms with Crippen LogP contribution in [0.1, 0.15) is 37.7 Å². The van der Waals surface area contributed by atoms with Crippen molar-refractivity contribution in [2.24, 2.45) is 5.92 Å². The Balaban J connectivity index is 1.73. The highest BCUT2D eigenvalue weighted by Crippen LogP contribution is 2.38. The topological polar surface area (TPSA) is 30.5 Å². The summed E-state index contributed by atoms with van der Waals surface area (Å²) >= 11 is 0. The van der Waals surface area contributed by atoms with Crippen molar-refractivity contribution in [2.75, 3.05) is 20.3 Å². The minimum atomic E-state index is 0.377. The molecule has 1 fully saturated rings. The third-order valence-electron chi connectivity index (χ3n) is 4.94. The fourth-order valence-corrected chi connectivity index (χ4v) is 3.75. The van der Waals surface area contributed by atoms with Gasteiger partial charge in [0.2, 0.25) is 0 Å². The second kappa shape index (κ2) is 6.15. The summed E-state index contributed by atoms with van der Waals surface area (Å²) < 4.78 is 11.5. The Labute approximate surface area is 121 Å². The molecule has 0 amide bonds. The molecule has 20 heavy (non-hydrogen) atoms. The summed E-state index contributed by atoms with van der Waals surface area (Å²) in [5.74, 6) is 2.31. The van der Waals surface area contributed by atoms with Crippen molar-refractivity contribution in [1.82, 2.24) is 5.32 Å². The van der Waals surface area contributed by atoms with Crippen LogP contribution in [0.15, 0.2) is 24.3 Å². The maximum atomic E-state index is 5.77. The predicted octanol–water partition coefficient (Wildman–Crippen LogP) is 2.96. The maximum absolute atomic E-state index is 5.77. The van der Waals surface area contributed by atoms with E-state index < -0.39 is 0 Å². The molecular formula is C17H25NO2. The van der Waals surface area contributed by atoms with Gasteiger partial charge in [0.15, 0.2) is 0 Å². The number of rotatable bonds is 4. The summed E-state index contributed by atoms with van der Waals surface area (Å²) in [6, 6.07) is 9.03. The lowest BCUT2D eigenvalue weighted by Crippen LogP contribution is -2.38. The lowest BCUT2D eigenvalue weighted by Gasteiger charge is -2.32. The molecule has 0 aliphatic carbocycles. The maximum Gasteiger partial charge on any atom is 0.122 e. The van der Waals surface area contributed by atoms with Crippen LogP contribution in [0, 0.1) is 5.92 Å². The highest BCUT2D eigenvalue weighted by Gasteiger charge is 2.33. The zero-order valence-corrected chi connectivity index (χ0v) is 12.5. The molecule has 2 heterocycles. The van der Waals surface area contributed by atoms with Gasteiger partial charge in [-0.25, -0.2) is 0 Å². The fourth-order valence-electron chi connectivity index (χ4n) is 3.75. The van der Waals surface area contributed by atoms with Gasteiger partial charge >= 0.3 is 0 Å². The molecule has 110 valence electrons. The first-order valence-corrected chi connectivity index (χ1v) is 7.80. The third kappa shape index (κ3) is 2.70. The Morgan fingerprint density at radius 1 is 1.25 bits per heavy atom. The summed E-state index contributed by atoms with van der Waals surface area (Å²) in [5.41, 5.74) is 1.38. The molecule has 1 saturated heterocycles. The Kier molecular flexibility index (Phi) is 4.27. The van der Waals surface area contributed by atoms with Crippen LogP contribution >= 0.6 is 0 Å². The zero-order valence-electron chi connectivity index (χ0n) is 12.5. The van der Waals surface area contributed by atoms with Gasteiger partial charge in [-0.05, 0) is 50.8 Å². The summed E-state index contributed by atoms with van der Waals surface area (Å²) in [6.45, 7) is 3.96. The first-order chi connectivity index (χ1) is 9.79. The van der Waals surface area contributed by atoms with Crippen LogP contribution in [0.4, 0.5) is 0 Å². The number of nitrogens with one attached hydrogen (secondary N) is 1. The van der Waals surface area contributed by atoms with E-state index in [-0.39, 0.29) is 0 Å². The zero-order chi connectivity index (χ0) is 13.9. The van der Waals surface area contributed by atoms with Crippen LogP contribution in [0.3, 0.4) is 0 Å². The minimum absolute atomic E-state index is 0.377. The van der Waals surface area contributed by atoms with Gasteiger partial charge in [-0.15, -0.1) is 0 Å². The number of ether oxygens (including phenoxy) is 2. The molecule has 3 nitrogen and oxygen atoms in total. The van der Waals surface area contributed by atoms with Crippen LogP contribution in [0.5, 0.6) is 5.75 Å². The average Bonchev–Trinajstić information content (AvgIpc) is 2.91. The second-order valence-electron chi connectivity index (χ2n) is 6.03. The summed E-state index contributed by atoms with van der Waals surface area (Å²) in [4.78, 5) is 0. The van der Waals surface area contributed by atoms with Crippen LogP contribution in [-0.2, 0) is 4.74 Å². The van der Waals surface area contributed by atoms with E-state index in [1.807, 2.05) is 0 Å². The molecule has 0 saturated carbocycles. The van der Waals surface area contributed by atoms with E-state index in [2.05, 4.69) is 43.6 Å². The van der Waals surface area contributed by atoms with Crippen molar-refractivity contribution < 1.29 is 9.47 Å². The second-order valence-corrected chi connectivity index (χ2v) is 6.03. The minimum Gasteiger partial charge on any atom is -0.493 e. The van der Waals surface area contributed by atoms with Gasteiger partial charge in [-0.2, -0.15) is 0 Å². The molecule has 0 spiro atoms. The van der Waals surface area contributed by atoms with E-state index in [1.54, 1.807) is 0 Å². The van der Waals surface area contributed by atoms with Crippen molar-refractivity contribution >= 4 is 0 Å². The number of benzene rings is 1. The normalized spacial score (nSPS) is 30.6. The molecule has 3 heteroatoms. The summed E-state index contributed by atoms with van der Waals surface area (Å²) in [5, 5.41) is 3.53. The molecule has 1 N–H and O–H groups in total. The van der Waals surface area contributed by atoms with Crippen LogP contribution in [-0.4, -0.2) is 32.4 Å². The fraction of sp³-hybridized carbons (Fsp3) is 0.647. The first-order valence-electron chi connectivity index (χ1n) is 7.80. The van der Waals surface area contributed by atoms with E-state index in [4.69, 9.17) is 9.47 Å². The van der Waals surface area contributed by atoms with Crippen molar-refractivity contribution in [3.63, 3.8) is 0 Å². The van der Waals surface area contributed by atoms with Crippen LogP contribution in [0.25, 0.3) is 0 Å².